The van der Waals surface area contributed by atoms with Gasteiger partial charge in [-0.25, -0.2) is 0 Å². The van der Waals surface area contributed by atoms with E-state index >= 15 is 0 Å². The molecule has 52 valence electrons. The maximum Gasteiger partial charge on any atom is 0.0772 e. The molecule has 10 heavy (non-hydrogen) atoms. The van der Waals surface area contributed by atoms with Crippen LogP contribution in [-0.2, 0) is 0 Å². The maximum atomic E-state index is 4.37. The van der Waals surface area contributed by atoms with Gasteiger partial charge in [-0.3, -0.25) is 9.98 Å². The van der Waals surface area contributed by atoms with Crippen molar-refractivity contribution in [2.75, 3.05) is 6.54 Å². The van der Waals surface area contributed by atoms with Crippen LogP contribution >= 0.6 is 0 Å². The Hall–Kier alpha value is -0.920. The van der Waals surface area contributed by atoms with Gasteiger partial charge in [0, 0.05) is 25.3 Å². The van der Waals surface area contributed by atoms with E-state index in [1.807, 2.05) is 12.4 Å². The van der Waals surface area contributed by atoms with Crippen LogP contribution in [0, 0.1) is 0 Å². The summed E-state index contributed by atoms with van der Waals surface area (Å²) in [5, 5.41) is 0. The molecule has 0 aliphatic carbocycles. The maximum absolute atomic E-state index is 4.37. The Morgan fingerprint density at radius 1 is 1.40 bits per heavy atom. The Balaban J connectivity index is 2.23. The van der Waals surface area contributed by atoms with Gasteiger partial charge in [0.15, 0.2) is 0 Å². The van der Waals surface area contributed by atoms with E-state index in [0.29, 0.717) is 6.04 Å². The lowest BCUT2D eigenvalue weighted by atomic mass is 10.00. The Kier molecular flexibility index (Phi) is 1.38. The van der Waals surface area contributed by atoms with Crippen molar-refractivity contribution >= 4 is 12.4 Å². The molecule has 0 spiro atoms. The summed E-state index contributed by atoms with van der Waals surface area (Å²) in [5.41, 5.74) is 1.41. The molecule has 2 nitrogen and oxygen atoms in total. The smallest absolute Gasteiger partial charge is 0.0772 e. The topological polar surface area (TPSA) is 24.7 Å². The third-order valence-electron chi connectivity index (χ3n) is 1.93. The largest absolute Gasteiger partial charge is 0.293 e. The molecule has 2 rings (SSSR count). The highest BCUT2D eigenvalue weighted by molar-refractivity contribution is 5.67. The van der Waals surface area contributed by atoms with E-state index in [2.05, 4.69) is 16.1 Å². The fourth-order valence-electron chi connectivity index (χ4n) is 1.35. The summed E-state index contributed by atoms with van der Waals surface area (Å²) in [6.45, 7) is 0.877. The van der Waals surface area contributed by atoms with Crippen LogP contribution in [0.5, 0.6) is 0 Å². The first-order valence-corrected chi connectivity index (χ1v) is 3.65. The Bertz CT molecular complexity index is 213. The summed E-state index contributed by atoms with van der Waals surface area (Å²) >= 11 is 0. The van der Waals surface area contributed by atoms with Crippen molar-refractivity contribution in [1.29, 1.82) is 0 Å². The van der Waals surface area contributed by atoms with Crippen molar-refractivity contribution in [3.63, 3.8) is 0 Å². The molecule has 0 amide bonds. The molecule has 2 heterocycles. The molecule has 2 aliphatic rings. The van der Waals surface area contributed by atoms with E-state index in [1.54, 1.807) is 0 Å². The lowest BCUT2D eigenvalue weighted by Gasteiger charge is -2.19. The Morgan fingerprint density at radius 2 is 2.40 bits per heavy atom. The van der Waals surface area contributed by atoms with E-state index in [-0.39, 0.29) is 0 Å². The minimum atomic E-state index is 0.436. The number of allylic oxidation sites excluding steroid dienone is 1. The molecule has 0 aromatic heterocycles. The molecule has 2 aliphatic heterocycles. The third kappa shape index (κ3) is 0.897. The highest BCUT2D eigenvalue weighted by atomic mass is 14.8. The van der Waals surface area contributed by atoms with Gasteiger partial charge in [0.25, 0.3) is 0 Å². The zero-order valence-electron chi connectivity index (χ0n) is 5.83. The van der Waals surface area contributed by atoms with Gasteiger partial charge < -0.3 is 0 Å². The summed E-state index contributed by atoms with van der Waals surface area (Å²) in [7, 11) is 0. The summed E-state index contributed by atoms with van der Waals surface area (Å²) < 4.78 is 0. The standard InChI is InChI=1S/C8H10N2/c1-2-7-6-9-5-3-8(7)10-4-1/h2,4-5,8H,1,3,6H2. The van der Waals surface area contributed by atoms with Gasteiger partial charge >= 0.3 is 0 Å². The highest BCUT2D eigenvalue weighted by Gasteiger charge is 2.15. The summed E-state index contributed by atoms with van der Waals surface area (Å²) in [4.78, 5) is 8.56. The number of nitrogens with zero attached hydrogens (tertiary/aromatic N) is 2. The molecular formula is C8H10N2. The van der Waals surface area contributed by atoms with Crippen LogP contribution in [0.1, 0.15) is 12.8 Å². The van der Waals surface area contributed by atoms with Crippen molar-refractivity contribution in [2.24, 2.45) is 9.98 Å². The first-order valence-electron chi connectivity index (χ1n) is 3.65. The summed E-state index contributed by atoms with van der Waals surface area (Å²) in [5.74, 6) is 0. The van der Waals surface area contributed by atoms with Crippen LogP contribution in [0.15, 0.2) is 21.6 Å². The molecule has 0 fully saturated rings. The molecule has 0 aromatic carbocycles. The molecule has 2 heteroatoms. The van der Waals surface area contributed by atoms with Gasteiger partial charge in [-0.15, -0.1) is 0 Å². The molecule has 0 radical (unpaired) electrons. The SMILES string of the molecule is C1=NCC2=CCC=NC2C1. The second-order valence-electron chi connectivity index (χ2n) is 2.62. The van der Waals surface area contributed by atoms with Crippen molar-refractivity contribution in [1.82, 2.24) is 0 Å². The van der Waals surface area contributed by atoms with Crippen LogP contribution in [0.3, 0.4) is 0 Å². The van der Waals surface area contributed by atoms with Crippen LogP contribution in [-0.4, -0.2) is 25.0 Å². The molecule has 0 bridgehead atoms. The molecule has 1 unspecified atom stereocenters. The van der Waals surface area contributed by atoms with Gasteiger partial charge in [-0.2, -0.15) is 0 Å². The first kappa shape index (κ1) is 5.83. The molecule has 0 saturated heterocycles. The van der Waals surface area contributed by atoms with Gasteiger partial charge in [0.05, 0.1) is 12.6 Å². The van der Waals surface area contributed by atoms with Gasteiger partial charge in [-0.05, 0) is 5.57 Å². The number of dihydropyridines is 1. The lowest BCUT2D eigenvalue weighted by molar-refractivity contribution is 0.755. The predicted molar refractivity (Wildman–Crippen MR) is 43.0 cm³/mol. The van der Waals surface area contributed by atoms with E-state index < -0.39 is 0 Å². The number of aliphatic imine (C=N–C) groups is 2. The van der Waals surface area contributed by atoms with Crippen LogP contribution in [0.2, 0.25) is 0 Å². The van der Waals surface area contributed by atoms with Crippen molar-refractivity contribution in [2.45, 2.75) is 18.9 Å². The van der Waals surface area contributed by atoms with E-state index in [1.165, 1.54) is 5.57 Å². The number of hydrogen-bond donors (Lipinski definition) is 0. The molecule has 0 aromatic rings. The van der Waals surface area contributed by atoms with Crippen LogP contribution < -0.4 is 0 Å². The fourth-order valence-corrected chi connectivity index (χ4v) is 1.35. The quantitative estimate of drug-likeness (QED) is 0.445. The van der Waals surface area contributed by atoms with Gasteiger partial charge in [0.1, 0.15) is 0 Å². The molecule has 0 N–H and O–H groups in total. The fraction of sp³-hybridized carbons (Fsp3) is 0.500. The molecular weight excluding hydrogens is 124 g/mol. The Labute approximate surface area is 60.4 Å². The minimum absolute atomic E-state index is 0.436. The van der Waals surface area contributed by atoms with E-state index in [4.69, 9.17) is 0 Å². The number of rotatable bonds is 0. The number of hydrogen-bond acceptors (Lipinski definition) is 2. The van der Waals surface area contributed by atoms with E-state index in [9.17, 15) is 0 Å². The van der Waals surface area contributed by atoms with E-state index in [0.717, 1.165) is 19.4 Å². The van der Waals surface area contributed by atoms with Crippen molar-refractivity contribution < 1.29 is 0 Å². The van der Waals surface area contributed by atoms with Gasteiger partial charge in [-0.1, -0.05) is 6.08 Å². The average Bonchev–Trinajstić information content (AvgIpc) is 2.05. The normalized spacial score (nSPS) is 29.6. The molecule has 0 saturated carbocycles. The second kappa shape index (κ2) is 2.37. The van der Waals surface area contributed by atoms with Crippen molar-refractivity contribution in [3.8, 4) is 0 Å². The summed E-state index contributed by atoms with van der Waals surface area (Å²) in [6, 6.07) is 0.436. The number of fused-ring (bicyclic) bond motifs is 1. The van der Waals surface area contributed by atoms with Crippen LogP contribution in [0.4, 0.5) is 0 Å². The molecule has 1 atom stereocenters. The summed E-state index contributed by atoms with van der Waals surface area (Å²) in [6.07, 6.45) is 8.22. The highest BCUT2D eigenvalue weighted by Crippen LogP contribution is 2.17. The Morgan fingerprint density at radius 3 is 3.30 bits per heavy atom. The third-order valence-corrected chi connectivity index (χ3v) is 1.93. The predicted octanol–water partition coefficient (Wildman–Crippen LogP) is 1.23. The lowest BCUT2D eigenvalue weighted by Crippen LogP contribution is -2.18. The zero-order valence-corrected chi connectivity index (χ0v) is 5.83. The monoisotopic (exact) mass is 134 g/mol. The zero-order chi connectivity index (χ0) is 6.81. The second-order valence-corrected chi connectivity index (χ2v) is 2.62. The average molecular weight is 134 g/mol. The van der Waals surface area contributed by atoms with Crippen molar-refractivity contribution in [3.05, 3.63) is 11.6 Å². The van der Waals surface area contributed by atoms with Crippen LogP contribution in [0.25, 0.3) is 0 Å². The minimum Gasteiger partial charge on any atom is -0.293 e. The van der Waals surface area contributed by atoms with Gasteiger partial charge in [0.2, 0.25) is 0 Å². The first-order chi connectivity index (χ1) is 4.97.